The molecule has 0 aliphatic heterocycles. The van der Waals surface area contributed by atoms with Crippen molar-refractivity contribution >= 4 is 11.3 Å². The van der Waals surface area contributed by atoms with Crippen LogP contribution in [0.1, 0.15) is 35.1 Å². The lowest BCUT2D eigenvalue weighted by molar-refractivity contribution is 0.196. The fourth-order valence-electron chi connectivity index (χ4n) is 1.94. The Kier molecular flexibility index (Phi) is 2.70. The minimum atomic E-state index is -0.194. The number of rotatable bonds is 2. The Morgan fingerprint density at radius 1 is 1.46 bits per heavy atom. The third-order valence-corrected chi connectivity index (χ3v) is 3.80. The van der Waals surface area contributed by atoms with Crippen LogP contribution in [0.2, 0.25) is 0 Å². The van der Waals surface area contributed by atoms with E-state index in [1.54, 1.807) is 10.4 Å². The molecule has 0 saturated carbocycles. The second-order valence-corrected chi connectivity index (χ2v) is 5.14. The second-order valence-electron chi connectivity index (χ2n) is 3.92. The van der Waals surface area contributed by atoms with Crippen LogP contribution in [0.3, 0.4) is 0 Å². The van der Waals surface area contributed by atoms with Crippen molar-refractivity contribution in [3.05, 3.63) is 21.4 Å². The zero-order valence-corrected chi connectivity index (χ0v) is 8.86. The summed E-state index contributed by atoms with van der Waals surface area (Å²) >= 11 is 1.90. The van der Waals surface area contributed by atoms with Crippen LogP contribution in [0.15, 0.2) is 6.07 Å². The monoisotopic (exact) mass is 196 g/mol. The molecule has 1 aromatic rings. The maximum Gasteiger partial charge on any atom is 0.0560 e. The second kappa shape index (κ2) is 3.81. The molecule has 0 radical (unpaired) electrons. The van der Waals surface area contributed by atoms with Crippen LogP contribution in [-0.2, 0) is 19.3 Å². The minimum Gasteiger partial charge on any atom is -0.393 e. The van der Waals surface area contributed by atoms with E-state index < -0.39 is 0 Å². The first kappa shape index (κ1) is 9.22. The van der Waals surface area contributed by atoms with E-state index in [0.29, 0.717) is 0 Å². The molecule has 72 valence electrons. The summed E-state index contributed by atoms with van der Waals surface area (Å²) in [5, 5.41) is 9.27. The highest BCUT2D eigenvalue weighted by molar-refractivity contribution is 7.12. The van der Waals surface area contributed by atoms with Gasteiger partial charge in [-0.1, -0.05) is 0 Å². The van der Waals surface area contributed by atoms with Gasteiger partial charge in [0.2, 0.25) is 0 Å². The van der Waals surface area contributed by atoms with Crippen molar-refractivity contribution in [1.82, 2.24) is 0 Å². The van der Waals surface area contributed by atoms with Crippen LogP contribution in [0.25, 0.3) is 0 Å². The van der Waals surface area contributed by atoms with Crippen LogP contribution >= 0.6 is 11.3 Å². The van der Waals surface area contributed by atoms with E-state index >= 15 is 0 Å². The van der Waals surface area contributed by atoms with Crippen LogP contribution in [0.5, 0.6) is 0 Å². The summed E-state index contributed by atoms with van der Waals surface area (Å²) in [5.41, 5.74) is 1.55. The van der Waals surface area contributed by atoms with E-state index in [9.17, 15) is 5.11 Å². The van der Waals surface area contributed by atoms with E-state index in [-0.39, 0.29) is 6.10 Å². The molecule has 2 rings (SSSR count). The van der Waals surface area contributed by atoms with Gasteiger partial charge in [0.15, 0.2) is 0 Å². The number of hydrogen-bond donors (Lipinski definition) is 1. The summed E-state index contributed by atoms with van der Waals surface area (Å²) < 4.78 is 0. The zero-order chi connectivity index (χ0) is 9.26. The van der Waals surface area contributed by atoms with Gasteiger partial charge in [-0.2, -0.15) is 0 Å². The molecule has 1 nitrogen and oxygen atoms in total. The van der Waals surface area contributed by atoms with E-state index in [1.807, 2.05) is 18.3 Å². The van der Waals surface area contributed by atoms with Gasteiger partial charge in [0.1, 0.15) is 0 Å². The standard InChI is InChI=1S/C11H16OS/c1-8(12)6-10-7-9-4-2-3-5-11(9)13-10/h7-8,12H,2-6H2,1H3. The average Bonchev–Trinajstić information content (AvgIpc) is 2.44. The Hall–Kier alpha value is -0.340. The molecule has 0 bridgehead atoms. The van der Waals surface area contributed by atoms with E-state index in [2.05, 4.69) is 6.07 Å². The molecule has 0 spiro atoms. The molecule has 1 atom stereocenters. The van der Waals surface area contributed by atoms with Crippen molar-refractivity contribution in [3.8, 4) is 0 Å². The molecular formula is C11H16OS. The van der Waals surface area contributed by atoms with Crippen molar-refractivity contribution in [2.75, 3.05) is 0 Å². The first-order valence-electron chi connectivity index (χ1n) is 5.04. The Morgan fingerprint density at radius 3 is 2.92 bits per heavy atom. The summed E-state index contributed by atoms with van der Waals surface area (Å²) in [5.74, 6) is 0. The lowest BCUT2D eigenvalue weighted by atomic mass is 9.99. The summed E-state index contributed by atoms with van der Waals surface area (Å²) in [6.45, 7) is 1.86. The van der Waals surface area contributed by atoms with Gasteiger partial charge in [-0.3, -0.25) is 0 Å². The highest BCUT2D eigenvalue weighted by atomic mass is 32.1. The maximum atomic E-state index is 9.27. The third kappa shape index (κ3) is 2.12. The maximum absolute atomic E-state index is 9.27. The molecule has 1 aromatic heterocycles. The summed E-state index contributed by atoms with van der Waals surface area (Å²) in [6.07, 6.45) is 5.85. The molecule has 0 aromatic carbocycles. The minimum absolute atomic E-state index is 0.194. The Labute approximate surface area is 83.4 Å². The fourth-order valence-corrected chi connectivity index (χ4v) is 3.32. The highest BCUT2D eigenvalue weighted by Gasteiger charge is 2.13. The van der Waals surface area contributed by atoms with Crippen LogP contribution in [0.4, 0.5) is 0 Å². The molecule has 1 aliphatic carbocycles. The molecular weight excluding hydrogens is 180 g/mol. The van der Waals surface area contributed by atoms with Gasteiger partial charge >= 0.3 is 0 Å². The lowest BCUT2D eigenvalue weighted by Crippen LogP contribution is -2.02. The van der Waals surface area contributed by atoms with Gasteiger partial charge in [0, 0.05) is 16.2 Å². The first-order valence-corrected chi connectivity index (χ1v) is 5.86. The van der Waals surface area contributed by atoms with Crippen molar-refractivity contribution in [2.45, 2.75) is 45.1 Å². The number of fused-ring (bicyclic) bond motifs is 1. The highest BCUT2D eigenvalue weighted by Crippen LogP contribution is 2.30. The largest absolute Gasteiger partial charge is 0.393 e. The quantitative estimate of drug-likeness (QED) is 0.770. The first-order chi connectivity index (χ1) is 6.25. The van der Waals surface area contributed by atoms with Crippen molar-refractivity contribution < 1.29 is 5.11 Å². The van der Waals surface area contributed by atoms with Crippen molar-refractivity contribution in [1.29, 1.82) is 0 Å². The fraction of sp³-hybridized carbons (Fsp3) is 0.636. The van der Waals surface area contributed by atoms with Gasteiger partial charge < -0.3 is 5.11 Å². The predicted octanol–water partition coefficient (Wildman–Crippen LogP) is 2.55. The van der Waals surface area contributed by atoms with Crippen LogP contribution in [0, 0.1) is 0 Å². The molecule has 0 fully saturated rings. The van der Waals surface area contributed by atoms with Crippen LogP contribution < -0.4 is 0 Å². The predicted molar refractivity (Wildman–Crippen MR) is 56.3 cm³/mol. The van der Waals surface area contributed by atoms with Gasteiger partial charge in [-0.15, -0.1) is 11.3 Å². The lowest BCUT2D eigenvalue weighted by Gasteiger charge is -2.08. The number of aliphatic hydroxyl groups is 1. The smallest absolute Gasteiger partial charge is 0.0560 e. The number of aryl methyl sites for hydroxylation is 2. The Balaban J connectivity index is 2.15. The van der Waals surface area contributed by atoms with Crippen molar-refractivity contribution in [2.24, 2.45) is 0 Å². The molecule has 1 aliphatic rings. The molecule has 1 heterocycles. The van der Waals surface area contributed by atoms with Gasteiger partial charge in [-0.25, -0.2) is 0 Å². The van der Waals surface area contributed by atoms with E-state index in [1.165, 1.54) is 30.6 Å². The Morgan fingerprint density at radius 2 is 2.23 bits per heavy atom. The summed E-state index contributed by atoms with van der Waals surface area (Å²) in [4.78, 5) is 2.93. The van der Waals surface area contributed by atoms with E-state index in [4.69, 9.17) is 0 Å². The summed E-state index contributed by atoms with van der Waals surface area (Å²) in [6, 6.07) is 2.30. The molecule has 0 amide bonds. The van der Waals surface area contributed by atoms with Gasteiger partial charge in [-0.05, 0) is 44.2 Å². The Bertz CT molecular complexity index is 265. The van der Waals surface area contributed by atoms with Gasteiger partial charge in [0.05, 0.1) is 6.10 Å². The van der Waals surface area contributed by atoms with Gasteiger partial charge in [0.25, 0.3) is 0 Å². The molecule has 1 unspecified atom stereocenters. The van der Waals surface area contributed by atoms with E-state index in [0.717, 1.165) is 6.42 Å². The number of aliphatic hydroxyl groups excluding tert-OH is 1. The van der Waals surface area contributed by atoms with Crippen molar-refractivity contribution in [3.63, 3.8) is 0 Å². The SMILES string of the molecule is CC(O)Cc1cc2c(s1)CCCC2. The molecule has 0 saturated heterocycles. The molecule has 1 N–H and O–H groups in total. The molecule has 2 heteroatoms. The van der Waals surface area contributed by atoms with Crippen LogP contribution in [-0.4, -0.2) is 11.2 Å². The third-order valence-electron chi connectivity index (χ3n) is 2.54. The molecule has 13 heavy (non-hydrogen) atoms. The topological polar surface area (TPSA) is 20.2 Å². The number of hydrogen-bond acceptors (Lipinski definition) is 2. The summed E-state index contributed by atoms with van der Waals surface area (Å²) in [7, 11) is 0. The average molecular weight is 196 g/mol. The normalized spacial score (nSPS) is 18.3. The zero-order valence-electron chi connectivity index (χ0n) is 8.05. The number of thiophene rings is 1.